The van der Waals surface area contributed by atoms with E-state index in [0.29, 0.717) is 18.1 Å². The Kier molecular flexibility index (Phi) is 3.17. The summed E-state index contributed by atoms with van der Waals surface area (Å²) in [5.74, 6) is -0.211. The molecule has 7 nitrogen and oxygen atoms in total. The van der Waals surface area contributed by atoms with Crippen LogP contribution in [0.2, 0.25) is 0 Å². The van der Waals surface area contributed by atoms with E-state index < -0.39 is 5.97 Å². The molecule has 0 saturated carbocycles. The van der Waals surface area contributed by atoms with E-state index in [4.69, 9.17) is 5.11 Å². The van der Waals surface area contributed by atoms with Crippen molar-refractivity contribution in [2.24, 2.45) is 0 Å². The highest BCUT2D eigenvalue weighted by molar-refractivity contribution is 5.81. The lowest BCUT2D eigenvalue weighted by Crippen LogP contribution is -2.06. The zero-order valence-corrected chi connectivity index (χ0v) is 11.8. The van der Waals surface area contributed by atoms with Gasteiger partial charge in [0.1, 0.15) is 5.69 Å². The summed E-state index contributed by atoms with van der Waals surface area (Å²) in [5.41, 5.74) is 4.65. The molecule has 0 spiro atoms. The predicted molar refractivity (Wildman–Crippen MR) is 76.8 cm³/mol. The van der Waals surface area contributed by atoms with Gasteiger partial charge >= 0.3 is 5.97 Å². The third-order valence-electron chi connectivity index (χ3n) is 3.56. The topological polar surface area (TPSA) is 96.7 Å². The molecule has 3 aromatic rings. The number of nitrogens with one attached hydrogen (secondary N) is 1. The number of benzene rings is 1. The van der Waals surface area contributed by atoms with Gasteiger partial charge in [-0.2, -0.15) is 15.4 Å². The first-order valence-corrected chi connectivity index (χ1v) is 6.61. The minimum absolute atomic E-state index is 0.0310. The Hall–Kier alpha value is -2.70. The minimum Gasteiger partial charge on any atom is -0.481 e. The Bertz CT molecular complexity index is 804. The summed E-state index contributed by atoms with van der Waals surface area (Å²) in [6, 6.07) is 4.04. The van der Waals surface area contributed by atoms with Gasteiger partial charge in [-0.05, 0) is 37.1 Å². The maximum absolute atomic E-state index is 10.9. The molecule has 1 aromatic carbocycles. The number of hydrogen-bond donors (Lipinski definition) is 2. The highest BCUT2D eigenvalue weighted by Gasteiger charge is 2.16. The van der Waals surface area contributed by atoms with Crippen molar-refractivity contribution in [1.29, 1.82) is 0 Å². The monoisotopic (exact) mass is 285 g/mol. The number of fused-ring (bicyclic) bond motifs is 1. The first-order chi connectivity index (χ1) is 10.1. The van der Waals surface area contributed by atoms with E-state index in [9.17, 15) is 4.79 Å². The first kappa shape index (κ1) is 13.3. The van der Waals surface area contributed by atoms with Gasteiger partial charge in [0.05, 0.1) is 23.7 Å². The molecule has 0 unspecified atom stereocenters. The number of aryl methyl sites for hydroxylation is 3. The van der Waals surface area contributed by atoms with Gasteiger partial charge in [0.2, 0.25) is 0 Å². The Morgan fingerprint density at radius 2 is 2.10 bits per heavy atom. The van der Waals surface area contributed by atoms with Crippen molar-refractivity contribution >= 4 is 17.0 Å². The van der Waals surface area contributed by atoms with Gasteiger partial charge in [0, 0.05) is 6.54 Å². The normalized spacial score (nSPS) is 11.1. The molecule has 2 heterocycles. The first-order valence-electron chi connectivity index (χ1n) is 6.61. The second-order valence-electron chi connectivity index (χ2n) is 5.01. The molecule has 2 N–H and O–H groups in total. The fraction of sp³-hybridized carbons (Fsp3) is 0.286. The van der Waals surface area contributed by atoms with Crippen LogP contribution in [0.3, 0.4) is 0 Å². The van der Waals surface area contributed by atoms with Gasteiger partial charge in [-0.3, -0.25) is 4.79 Å². The van der Waals surface area contributed by atoms with Crippen LogP contribution < -0.4 is 0 Å². The summed E-state index contributed by atoms with van der Waals surface area (Å²) in [6.07, 6.45) is 1.61. The van der Waals surface area contributed by atoms with Crippen molar-refractivity contribution in [3.63, 3.8) is 0 Å². The maximum atomic E-state index is 10.9. The van der Waals surface area contributed by atoms with Crippen LogP contribution in [0.25, 0.3) is 22.6 Å². The number of hydrogen-bond acceptors (Lipinski definition) is 4. The van der Waals surface area contributed by atoms with E-state index in [2.05, 4.69) is 20.4 Å². The summed E-state index contributed by atoms with van der Waals surface area (Å²) in [6.45, 7) is 4.40. The Morgan fingerprint density at radius 3 is 2.76 bits per heavy atom. The fourth-order valence-corrected chi connectivity index (χ4v) is 2.32. The molecule has 3 rings (SSSR count). The van der Waals surface area contributed by atoms with Crippen LogP contribution in [0.5, 0.6) is 0 Å². The molecule has 0 atom stereocenters. The highest BCUT2D eigenvalue weighted by atomic mass is 16.4. The summed E-state index contributed by atoms with van der Waals surface area (Å²) < 4.78 is 1.88. The molecule has 0 aliphatic carbocycles. The van der Waals surface area contributed by atoms with Crippen LogP contribution in [-0.2, 0) is 11.3 Å². The van der Waals surface area contributed by atoms with Gasteiger partial charge in [-0.1, -0.05) is 0 Å². The number of carboxylic acids is 1. The lowest BCUT2D eigenvalue weighted by molar-refractivity contribution is -0.137. The molecule has 0 bridgehead atoms. The second kappa shape index (κ2) is 5.01. The summed E-state index contributed by atoms with van der Waals surface area (Å²) >= 11 is 0. The van der Waals surface area contributed by atoms with Crippen LogP contribution in [0, 0.1) is 13.8 Å². The number of carbonyl (C=O) groups is 1. The lowest BCUT2D eigenvalue weighted by atomic mass is 10.1. The number of aromatic amines is 1. The van der Waals surface area contributed by atoms with Crippen molar-refractivity contribution in [2.45, 2.75) is 26.8 Å². The van der Waals surface area contributed by atoms with E-state index >= 15 is 0 Å². The number of H-pyrrole nitrogens is 1. The van der Waals surface area contributed by atoms with Crippen molar-refractivity contribution in [1.82, 2.24) is 25.0 Å². The Morgan fingerprint density at radius 1 is 1.33 bits per heavy atom. The lowest BCUT2D eigenvalue weighted by Gasteiger charge is -2.07. The van der Waals surface area contributed by atoms with Gasteiger partial charge in [0.15, 0.2) is 5.82 Å². The largest absolute Gasteiger partial charge is 0.481 e. The molecule has 108 valence electrons. The fourth-order valence-electron chi connectivity index (χ4n) is 2.32. The van der Waals surface area contributed by atoms with E-state index in [1.54, 1.807) is 6.20 Å². The van der Waals surface area contributed by atoms with Crippen molar-refractivity contribution < 1.29 is 9.90 Å². The molecule has 21 heavy (non-hydrogen) atoms. The predicted octanol–water partition coefficient (Wildman–Crippen LogP) is 1.91. The average molecular weight is 285 g/mol. The van der Waals surface area contributed by atoms with Crippen LogP contribution in [0.15, 0.2) is 18.3 Å². The van der Waals surface area contributed by atoms with E-state index in [0.717, 1.165) is 22.2 Å². The molecule has 0 aliphatic rings. The molecular formula is C14H15N5O2. The van der Waals surface area contributed by atoms with E-state index in [-0.39, 0.29) is 6.42 Å². The molecule has 2 aromatic heterocycles. The summed E-state index contributed by atoms with van der Waals surface area (Å²) in [7, 11) is 0. The van der Waals surface area contributed by atoms with Crippen LogP contribution in [0.1, 0.15) is 17.5 Å². The molecule has 0 aliphatic heterocycles. The van der Waals surface area contributed by atoms with Gasteiger partial charge in [0.25, 0.3) is 0 Å². The number of imidazole rings is 1. The van der Waals surface area contributed by atoms with E-state index in [1.165, 1.54) is 0 Å². The van der Waals surface area contributed by atoms with Gasteiger partial charge < -0.3 is 9.67 Å². The standard InChI is InChI=1S/C14H15N5O2/c1-8-5-10-12(6-9(8)2)19(4-3-13(20)21)14(16-10)11-7-15-18-17-11/h5-7H,3-4H2,1-2H3,(H,20,21)(H,15,17,18). The number of carboxylic acid groups (broad SMARTS) is 1. The smallest absolute Gasteiger partial charge is 0.305 e. The SMILES string of the molecule is Cc1cc2nc(-c3cn[nH]n3)n(CCC(=O)O)c2cc1C. The molecule has 0 amide bonds. The van der Waals surface area contributed by atoms with Crippen LogP contribution >= 0.6 is 0 Å². The second-order valence-corrected chi connectivity index (χ2v) is 5.01. The minimum atomic E-state index is -0.841. The quantitative estimate of drug-likeness (QED) is 0.763. The van der Waals surface area contributed by atoms with Crippen LogP contribution in [0.4, 0.5) is 0 Å². The Labute approximate surface area is 120 Å². The zero-order chi connectivity index (χ0) is 15.0. The van der Waals surface area contributed by atoms with Crippen LogP contribution in [-0.4, -0.2) is 36.0 Å². The number of aliphatic carboxylic acids is 1. The molecule has 0 fully saturated rings. The molecule has 7 heteroatoms. The third kappa shape index (κ3) is 2.37. The van der Waals surface area contributed by atoms with E-state index in [1.807, 2.05) is 30.5 Å². The highest BCUT2D eigenvalue weighted by Crippen LogP contribution is 2.25. The Balaban J connectivity index is 2.20. The van der Waals surface area contributed by atoms with Crippen molar-refractivity contribution in [3.05, 3.63) is 29.5 Å². The zero-order valence-electron chi connectivity index (χ0n) is 11.8. The third-order valence-corrected chi connectivity index (χ3v) is 3.56. The number of rotatable bonds is 4. The molecule has 0 radical (unpaired) electrons. The van der Waals surface area contributed by atoms with Crippen molar-refractivity contribution in [2.75, 3.05) is 0 Å². The van der Waals surface area contributed by atoms with Gasteiger partial charge in [-0.15, -0.1) is 0 Å². The molecule has 0 saturated heterocycles. The van der Waals surface area contributed by atoms with Crippen molar-refractivity contribution in [3.8, 4) is 11.5 Å². The maximum Gasteiger partial charge on any atom is 0.305 e. The van der Waals surface area contributed by atoms with Gasteiger partial charge in [-0.25, -0.2) is 4.98 Å². The number of aromatic nitrogens is 5. The number of nitrogens with zero attached hydrogens (tertiary/aromatic N) is 4. The summed E-state index contributed by atoms with van der Waals surface area (Å²) in [5, 5.41) is 19.3. The molecular weight excluding hydrogens is 270 g/mol. The summed E-state index contributed by atoms with van der Waals surface area (Å²) in [4.78, 5) is 15.5. The average Bonchev–Trinajstić information content (AvgIpc) is 3.04.